The van der Waals surface area contributed by atoms with Crippen molar-refractivity contribution in [2.45, 2.75) is 18.9 Å². The van der Waals surface area contributed by atoms with Crippen LogP contribution in [-0.4, -0.2) is 45.2 Å². The molecule has 0 spiro atoms. The van der Waals surface area contributed by atoms with E-state index in [1.54, 1.807) is 11.8 Å². The number of hydrogen-bond donors (Lipinski definition) is 2. The zero-order valence-electron chi connectivity index (χ0n) is 11.9. The molecule has 2 heterocycles. The van der Waals surface area contributed by atoms with E-state index in [2.05, 4.69) is 10.3 Å². The van der Waals surface area contributed by atoms with Gasteiger partial charge in [-0.15, -0.1) is 11.3 Å². The Morgan fingerprint density at radius 2 is 2.29 bits per heavy atom. The highest BCUT2D eigenvalue weighted by Gasteiger charge is 2.13. The number of aromatic nitrogens is 2. The van der Waals surface area contributed by atoms with Crippen molar-refractivity contribution in [3.05, 3.63) is 35.6 Å². The predicted molar refractivity (Wildman–Crippen MR) is 87.2 cm³/mol. The van der Waals surface area contributed by atoms with Crippen molar-refractivity contribution in [2.24, 2.45) is 0 Å². The monoisotopic (exact) mass is 325 g/mol. The lowest BCUT2D eigenvalue weighted by molar-refractivity contribution is -0.121. The number of thiazole rings is 1. The molecule has 0 aliphatic heterocycles. The van der Waals surface area contributed by atoms with Crippen LogP contribution in [0.2, 0.25) is 0 Å². The van der Waals surface area contributed by atoms with Crippen molar-refractivity contribution in [3.8, 4) is 5.13 Å². The quantitative estimate of drug-likeness (QED) is 0.775. The van der Waals surface area contributed by atoms with Crippen LogP contribution in [0.5, 0.6) is 0 Å². The van der Waals surface area contributed by atoms with Gasteiger partial charge in [-0.3, -0.25) is 4.79 Å². The van der Waals surface area contributed by atoms with Gasteiger partial charge in [0.25, 0.3) is 0 Å². The van der Waals surface area contributed by atoms with Crippen molar-refractivity contribution in [3.63, 3.8) is 0 Å². The number of aliphatic hydroxyl groups excluding tert-OH is 1. The SMILES string of the molecule is CSCC[C@@H](CO)NC(=O)Cc1csc(-n2cccc2)n1. The van der Waals surface area contributed by atoms with Gasteiger partial charge in [-0.25, -0.2) is 4.98 Å². The Bertz CT molecular complexity index is 554. The first-order valence-corrected chi connectivity index (χ1v) is 8.97. The second kappa shape index (κ2) is 8.21. The molecule has 0 unspecified atom stereocenters. The van der Waals surface area contributed by atoms with Gasteiger partial charge in [0.05, 0.1) is 24.8 Å². The number of carbonyl (C=O) groups excluding carboxylic acids is 1. The molecule has 7 heteroatoms. The Labute approximate surface area is 132 Å². The van der Waals surface area contributed by atoms with Crippen molar-refractivity contribution >= 4 is 29.0 Å². The Morgan fingerprint density at radius 1 is 1.52 bits per heavy atom. The summed E-state index contributed by atoms with van der Waals surface area (Å²) >= 11 is 3.21. The molecule has 0 aromatic carbocycles. The highest BCUT2D eigenvalue weighted by atomic mass is 32.2. The molecule has 21 heavy (non-hydrogen) atoms. The predicted octanol–water partition coefficient (Wildman–Crippen LogP) is 1.71. The van der Waals surface area contributed by atoms with Crippen molar-refractivity contribution in [1.29, 1.82) is 0 Å². The molecular formula is C14H19N3O2S2. The van der Waals surface area contributed by atoms with Gasteiger partial charge in [-0.2, -0.15) is 11.8 Å². The smallest absolute Gasteiger partial charge is 0.226 e. The largest absolute Gasteiger partial charge is 0.394 e. The van der Waals surface area contributed by atoms with Crippen LogP contribution in [0.15, 0.2) is 29.9 Å². The van der Waals surface area contributed by atoms with E-state index in [-0.39, 0.29) is 25.0 Å². The molecule has 0 bridgehead atoms. The molecule has 2 rings (SSSR count). The molecule has 2 N–H and O–H groups in total. The Balaban J connectivity index is 1.88. The molecule has 1 amide bonds. The van der Waals surface area contributed by atoms with Crippen LogP contribution < -0.4 is 5.32 Å². The van der Waals surface area contributed by atoms with Crippen LogP contribution >= 0.6 is 23.1 Å². The van der Waals surface area contributed by atoms with E-state index < -0.39 is 0 Å². The molecule has 0 saturated carbocycles. The average Bonchev–Trinajstić information content (AvgIpc) is 3.13. The number of aliphatic hydroxyl groups is 1. The summed E-state index contributed by atoms with van der Waals surface area (Å²) in [5.74, 6) is 0.819. The first-order valence-electron chi connectivity index (χ1n) is 6.70. The number of carbonyl (C=O) groups is 1. The molecule has 1 atom stereocenters. The topological polar surface area (TPSA) is 67.2 Å². The zero-order valence-corrected chi connectivity index (χ0v) is 13.5. The fourth-order valence-corrected chi connectivity index (χ4v) is 3.18. The third-order valence-corrected chi connectivity index (χ3v) is 4.51. The molecule has 0 aliphatic carbocycles. The summed E-state index contributed by atoms with van der Waals surface area (Å²) in [5, 5.41) is 14.8. The van der Waals surface area contributed by atoms with Crippen LogP contribution in [0.3, 0.4) is 0 Å². The minimum Gasteiger partial charge on any atom is -0.394 e. The highest BCUT2D eigenvalue weighted by molar-refractivity contribution is 7.98. The Hall–Kier alpha value is -1.31. The number of nitrogens with one attached hydrogen (secondary N) is 1. The first kappa shape index (κ1) is 16.1. The maximum atomic E-state index is 12.0. The van der Waals surface area contributed by atoms with Crippen molar-refractivity contribution in [2.75, 3.05) is 18.6 Å². The fraction of sp³-hybridized carbons (Fsp3) is 0.429. The lowest BCUT2D eigenvalue weighted by Crippen LogP contribution is -2.38. The van der Waals surface area contributed by atoms with Gasteiger partial charge in [0.15, 0.2) is 5.13 Å². The highest BCUT2D eigenvalue weighted by Crippen LogP contribution is 2.15. The molecule has 0 fully saturated rings. The minimum absolute atomic E-state index is 0.0298. The van der Waals surface area contributed by atoms with Crippen LogP contribution in [0.4, 0.5) is 0 Å². The van der Waals surface area contributed by atoms with E-state index in [4.69, 9.17) is 0 Å². The number of rotatable bonds is 8. The fourth-order valence-electron chi connectivity index (χ4n) is 1.87. The molecule has 5 nitrogen and oxygen atoms in total. The average molecular weight is 325 g/mol. The summed E-state index contributed by atoms with van der Waals surface area (Å²) in [6.07, 6.45) is 6.87. The number of nitrogens with zero attached hydrogens (tertiary/aromatic N) is 2. The lowest BCUT2D eigenvalue weighted by atomic mass is 10.2. The number of thioether (sulfide) groups is 1. The van der Waals surface area contributed by atoms with Crippen LogP contribution in [0.1, 0.15) is 12.1 Å². The second-order valence-corrected chi connectivity index (χ2v) is 6.44. The molecule has 0 saturated heterocycles. The van der Waals surface area contributed by atoms with Gasteiger partial charge < -0.3 is 15.0 Å². The van der Waals surface area contributed by atoms with Gasteiger partial charge in [0.2, 0.25) is 5.91 Å². The van der Waals surface area contributed by atoms with Crippen molar-refractivity contribution < 1.29 is 9.90 Å². The maximum Gasteiger partial charge on any atom is 0.226 e. The third kappa shape index (κ3) is 4.87. The molecular weight excluding hydrogens is 306 g/mol. The van der Waals surface area contributed by atoms with E-state index in [9.17, 15) is 9.90 Å². The first-order chi connectivity index (χ1) is 10.2. The second-order valence-electron chi connectivity index (χ2n) is 4.62. The number of hydrogen-bond acceptors (Lipinski definition) is 5. The van der Waals surface area contributed by atoms with Gasteiger partial charge in [0.1, 0.15) is 0 Å². The van der Waals surface area contributed by atoms with Crippen LogP contribution in [-0.2, 0) is 11.2 Å². The van der Waals surface area contributed by atoms with Crippen LogP contribution in [0, 0.1) is 0 Å². The van der Waals surface area contributed by atoms with Gasteiger partial charge in [-0.1, -0.05) is 0 Å². The molecule has 0 aliphatic rings. The van der Waals surface area contributed by atoms with E-state index in [1.165, 1.54) is 11.3 Å². The van der Waals surface area contributed by atoms with E-state index in [1.807, 2.05) is 40.7 Å². The zero-order chi connectivity index (χ0) is 15.1. The summed E-state index contributed by atoms with van der Waals surface area (Å²) in [7, 11) is 0. The molecule has 0 radical (unpaired) electrons. The normalized spacial score (nSPS) is 12.3. The standard InChI is InChI=1S/C14H19N3O2S2/c1-20-7-4-11(9-18)15-13(19)8-12-10-21-14(16-12)17-5-2-3-6-17/h2-3,5-6,10-11,18H,4,7-9H2,1H3,(H,15,19)/t11-/m0/s1. The summed E-state index contributed by atoms with van der Waals surface area (Å²) in [4.78, 5) is 16.4. The summed E-state index contributed by atoms with van der Waals surface area (Å²) < 4.78 is 1.92. The van der Waals surface area contributed by atoms with Gasteiger partial charge in [-0.05, 0) is 30.6 Å². The lowest BCUT2D eigenvalue weighted by Gasteiger charge is -2.15. The summed E-state index contributed by atoms with van der Waals surface area (Å²) in [6.45, 7) is -0.0298. The summed E-state index contributed by atoms with van der Waals surface area (Å²) in [6, 6.07) is 3.70. The maximum absolute atomic E-state index is 12.0. The molecule has 2 aromatic rings. The van der Waals surface area contributed by atoms with E-state index in [0.29, 0.717) is 0 Å². The van der Waals surface area contributed by atoms with Gasteiger partial charge >= 0.3 is 0 Å². The Kier molecular flexibility index (Phi) is 6.28. The third-order valence-electron chi connectivity index (χ3n) is 2.96. The van der Waals surface area contributed by atoms with E-state index in [0.717, 1.165) is 23.0 Å². The van der Waals surface area contributed by atoms with Crippen molar-refractivity contribution in [1.82, 2.24) is 14.9 Å². The molecule has 114 valence electrons. The molecule has 2 aromatic heterocycles. The van der Waals surface area contributed by atoms with E-state index >= 15 is 0 Å². The Morgan fingerprint density at radius 3 is 2.95 bits per heavy atom. The number of amides is 1. The summed E-state index contributed by atoms with van der Waals surface area (Å²) in [5.41, 5.74) is 0.753. The minimum atomic E-state index is -0.174. The van der Waals surface area contributed by atoms with Gasteiger partial charge in [0, 0.05) is 17.8 Å². The van der Waals surface area contributed by atoms with Crippen LogP contribution in [0.25, 0.3) is 5.13 Å².